The molecule has 2 aliphatic heterocycles. The summed E-state index contributed by atoms with van der Waals surface area (Å²) in [5, 5.41) is 0. The largest absolute Gasteiger partial charge is 0.494 e. The SMILES string of the molecule is CCOc1ccccc1CN1CCCN(C(C)=O)c2ccccc2CN(C(=O)COc2ccc3c(c2)OCCO3)CC1. The molecule has 9 heteroatoms. The van der Waals surface area contributed by atoms with Crippen LogP contribution in [-0.2, 0) is 22.7 Å². The van der Waals surface area contributed by atoms with Gasteiger partial charge in [0.05, 0.1) is 6.61 Å². The number of hydrogen-bond donors (Lipinski definition) is 0. The number of para-hydroxylation sites is 2. The molecule has 2 aliphatic rings. The smallest absolute Gasteiger partial charge is 0.260 e. The van der Waals surface area contributed by atoms with Crippen molar-refractivity contribution in [2.24, 2.45) is 0 Å². The van der Waals surface area contributed by atoms with Gasteiger partial charge in [0, 0.05) is 63.5 Å². The van der Waals surface area contributed by atoms with E-state index in [2.05, 4.69) is 11.0 Å². The maximum absolute atomic E-state index is 13.7. The lowest BCUT2D eigenvalue weighted by Gasteiger charge is -2.28. The average Bonchev–Trinajstić information content (AvgIpc) is 3.04. The Labute approximate surface area is 247 Å². The molecular weight excluding hydrogens is 534 g/mol. The molecule has 0 aromatic heterocycles. The van der Waals surface area contributed by atoms with Gasteiger partial charge in [-0.1, -0.05) is 36.4 Å². The third-order valence-corrected chi connectivity index (χ3v) is 7.46. The zero-order chi connectivity index (χ0) is 29.3. The molecular formula is C33H39N3O6. The molecule has 0 bridgehead atoms. The van der Waals surface area contributed by atoms with Gasteiger partial charge in [-0.15, -0.1) is 0 Å². The van der Waals surface area contributed by atoms with Crippen LogP contribution < -0.4 is 23.8 Å². The van der Waals surface area contributed by atoms with Crippen molar-refractivity contribution in [2.75, 3.05) is 57.5 Å². The Balaban J connectivity index is 1.36. The van der Waals surface area contributed by atoms with E-state index in [9.17, 15) is 9.59 Å². The minimum absolute atomic E-state index is 0.0187. The number of nitrogens with zero attached hydrogens (tertiary/aromatic N) is 3. The first-order valence-electron chi connectivity index (χ1n) is 14.6. The number of benzene rings is 3. The number of ether oxygens (including phenoxy) is 4. The van der Waals surface area contributed by atoms with Crippen LogP contribution in [0.4, 0.5) is 5.69 Å². The van der Waals surface area contributed by atoms with E-state index in [4.69, 9.17) is 18.9 Å². The first-order valence-corrected chi connectivity index (χ1v) is 14.6. The van der Waals surface area contributed by atoms with Crippen molar-refractivity contribution >= 4 is 17.5 Å². The minimum Gasteiger partial charge on any atom is -0.494 e. The van der Waals surface area contributed by atoms with Gasteiger partial charge in [-0.3, -0.25) is 14.5 Å². The van der Waals surface area contributed by atoms with E-state index in [1.807, 2.05) is 59.2 Å². The van der Waals surface area contributed by atoms with Crippen LogP contribution in [0.2, 0.25) is 0 Å². The van der Waals surface area contributed by atoms with Gasteiger partial charge in [0.2, 0.25) is 5.91 Å². The fourth-order valence-corrected chi connectivity index (χ4v) is 5.36. The molecule has 2 heterocycles. The summed E-state index contributed by atoms with van der Waals surface area (Å²) >= 11 is 0. The number of hydrogen-bond acceptors (Lipinski definition) is 7. The van der Waals surface area contributed by atoms with Gasteiger partial charge in [0.1, 0.15) is 24.7 Å². The Hall–Kier alpha value is -4.24. The lowest BCUT2D eigenvalue weighted by molar-refractivity contribution is -0.134. The third-order valence-electron chi connectivity index (χ3n) is 7.46. The van der Waals surface area contributed by atoms with Crippen molar-refractivity contribution in [1.82, 2.24) is 9.80 Å². The van der Waals surface area contributed by atoms with E-state index >= 15 is 0 Å². The molecule has 0 unspecified atom stereocenters. The molecule has 5 rings (SSSR count). The van der Waals surface area contributed by atoms with E-state index in [0.29, 0.717) is 69.8 Å². The van der Waals surface area contributed by atoms with Crippen molar-refractivity contribution in [2.45, 2.75) is 33.4 Å². The van der Waals surface area contributed by atoms with E-state index in [0.717, 1.165) is 35.5 Å². The van der Waals surface area contributed by atoms with Gasteiger partial charge in [-0.05, 0) is 43.2 Å². The molecule has 0 fully saturated rings. The standard InChI is InChI=1S/C33H39N3O6/c1-3-39-30-12-7-5-10-27(30)22-34-15-8-16-36(25(2)37)29-11-6-4-9-26(29)23-35(18-17-34)33(38)24-42-28-13-14-31-32(21-28)41-20-19-40-31/h4-7,9-14,21H,3,8,15-20,22-24H2,1-2H3. The number of fused-ring (bicyclic) bond motifs is 2. The zero-order valence-corrected chi connectivity index (χ0v) is 24.4. The number of rotatable bonds is 7. The van der Waals surface area contributed by atoms with Crippen molar-refractivity contribution in [3.63, 3.8) is 0 Å². The van der Waals surface area contributed by atoms with Crippen LogP contribution in [0.5, 0.6) is 23.0 Å². The Bertz CT molecular complexity index is 1380. The summed E-state index contributed by atoms with van der Waals surface area (Å²) in [6, 6.07) is 21.2. The van der Waals surface area contributed by atoms with Crippen LogP contribution in [0.1, 0.15) is 31.4 Å². The van der Waals surface area contributed by atoms with Crippen molar-refractivity contribution in [3.05, 3.63) is 77.9 Å². The first-order chi connectivity index (χ1) is 20.5. The summed E-state index contributed by atoms with van der Waals surface area (Å²) in [4.78, 5) is 32.4. The minimum atomic E-state index is -0.136. The van der Waals surface area contributed by atoms with Gasteiger partial charge < -0.3 is 28.7 Å². The number of amides is 2. The second-order valence-corrected chi connectivity index (χ2v) is 10.4. The highest BCUT2D eigenvalue weighted by Gasteiger charge is 2.23. The van der Waals surface area contributed by atoms with Crippen LogP contribution in [0, 0.1) is 0 Å². The third kappa shape index (κ3) is 7.33. The molecule has 0 aliphatic carbocycles. The zero-order valence-electron chi connectivity index (χ0n) is 24.4. The van der Waals surface area contributed by atoms with Crippen molar-refractivity contribution in [1.29, 1.82) is 0 Å². The van der Waals surface area contributed by atoms with Crippen LogP contribution in [-0.4, -0.2) is 74.2 Å². The summed E-state index contributed by atoms with van der Waals surface area (Å²) in [5.41, 5.74) is 2.86. The predicted molar refractivity (Wildman–Crippen MR) is 160 cm³/mol. The maximum Gasteiger partial charge on any atom is 0.260 e. The van der Waals surface area contributed by atoms with E-state index in [1.54, 1.807) is 25.1 Å². The molecule has 42 heavy (non-hydrogen) atoms. The highest BCUT2D eigenvalue weighted by Crippen LogP contribution is 2.33. The Morgan fingerprint density at radius 3 is 2.48 bits per heavy atom. The number of carbonyl (C=O) groups excluding carboxylic acids is 2. The molecule has 0 N–H and O–H groups in total. The fourth-order valence-electron chi connectivity index (χ4n) is 5.36. The Morgan fingerprint density at radius 1 is 0.857 bits per heavy atom. The quantitative estimate of drug-likeness (QED) is 0.411. The Morgan fingerprint density at radius 2 is 1.64 bits per heavy atom. The predicted octanol–water partition coefficient (Wildman–Crippen LogP) is 4.52. The molecule has 2 amide bonds. The lowest BCUT2D eigenvalue weighted by Crippen LogP contribution is -2.40. The molecule has 0 atom stereocenters. The Kier molecular flexibility index (Phi) is 9.82. The molecule has 0 radical (unpaired) electrons. The summed E-state index contributed by atoms with van der Waals surface area (Å²) in [6.45, 7) is 8.62. The summed E-state index contributed by atoms with van der Waals surface area (Å²) in [5.74, 6) is 2.54. The normalized spacial score (nSPS) is 15.8. The lowest BCUT2D eigenvalue weighted by atomic mass is 10.1. The highest BCUT2D eigenvalue weighted by atomic mass is 16.6. The molecule has 0 spiro atoms. The van der Waals surface area contributed by atoms with Gasteiger partial charge in [0.25, 0.3) is 5.91 Å². The van der Waals surface area contributed by atoms with Gasteiger partial charge >= 0.3 is 0 Å². The topological polar surface area (TPSA) is 80.8 Å². The molecule has 3 aromatic rings. The summed E-state index contributed by atoms with van der Waals surface area (Å²) in [7, 11) is 0. The molecule has 3 aromatic carbocycles. The van der Waals surface area contributed by atoms with E-state index in [-0.39, 0.29) is 18.4 Å². The summed E-state index contributed by atoms with van der Waals surface area (Å²) < 4.78 is 23.1. The van der Waals surface area contributed by atoms with Crippen LogP contribution >= 0.6 is 0 Å². The summed E-state index contributed by atoms with van der Waals surface area (Å²) in [6.07, 6.45) is 0.798. The first kappa shape index (κ1) is 29.3. The van der Waals surface area contributed by atoms with Crippen molar-refractivity contribution in [3.8, 4) is 23.0 Å². The number of carbonyl (C=O) groups is 2. The highest BCUT2D eigenvalue weighted by molar-refractivity contribution is 5.92. The monoisotopic (exact) mass is 573 g/mol. The van der Waals surface area contributed by atoms with E-state index in [1.165, 1.54) is 0 Å². The van der Waals surface area contributed by atoms with Gasteiger partial charge in [-0.2, -0.15) is 0 Å². The molecule has 0 saturated carbocycles. The van der Waals surface area contributed by atoms with Crippen LogP contribution in [0.15, 0.2) is 66.7 Å². The maximum atomic E-state index is 13.7. The van der Waals surface area contributed by atoms with E-state index < -0.39 is 0 Å². The van der Waals surface area contributed by atoms with Crippen molar-refractivity contribution < 1.29 is 28.5 Å². The molecule has 222 valence electrons. The fraction of sp³-hybridized carbons (Fsp3) is 0.394. The molecule has 9 nitrogen and oxygen atoms in total. The second-order valence-electron chi connectivity index (χ2n) is 10.4. The number of anilines is 1. The van der Waals surface area contributed by atoms with Gasteiger partial charge in [-0.25, -0.2) is 0 Å². The average molecular weight is 574 g/mol. The molecule has 0 saturated heterocycles. The van der Waals surface area contributed by atoms with Crippen LogP contribution in [0.25, 0.3) is 0 Å². The van der Waals surface area contributed by atoms with Crippen LogP contribution in [0.3, 0.4) is 0 Å². The second kappa shape index (κ2) is 14.1. The van der Waals surface area contributed by atoms with Gasteiger partial charge in [0.15, 0.2) is 18.1 Å².